The van der Waals surface area contributed by atoms with Crippen LogP contribution in [0.15, 0.2) is 96.7 Å². The molecule has 1 N–H and O–H groups in total. The molecule has 10 heteroatoms. The number of amides is 1. The van der Waals surface area contributed by atoms with Crippen molar-refractivity contribution in [2.24, 2.45) is 4.99 Å². The quantitative estimate of drug-likeness (QED) is 0.267. The van der Waals surface area contributed by atoms with E-state index in [1.165, 1.54) is 11.3 Å². The number of methoxy groups -OCH3 is 1. The van der Waals surface area contributed by atoms with Crippen molar-refractivity contribution in [3.05, 3.63) is 118 Å². The first-order valence-corrected chi connectivity index (χ1v) is 14.9. The number of allylic oxidation sites excluding steroid dienone is 1. The summed E-state index contributed by atoms with van der Waals surface area (Å²) in [5.41, 5.74) is 2.79. The molecule has 0 aliphatic carbocycles. The van der Waals surface area contributed by atoms with Crippen LogP contribution in [0.5, 0.6) is 11.5 Å². The van der Waals surface area contributed by atoms with E-state index in [0.29, 0.717) is 44.4 Å². The zero-order valence-electron chi connectivity index (χ0n) is 21.9. The summed E-state index contributed by atoms with van der Waals surface area (Å²) in [5, 5.41) is 2.97. The maximum absolute atomic E-state index is 14.1. The minimum absolute atomic E-state index is 0.257. The van der Waals surface area contributed by atoms with Crippen molar-refractivity contribution in [2.75, 3.05) is 19.0 Å². The number of rotatable bonds is 7. The van der Waals surface area contributed by atoms with Crippen LogP contribution in [-0.2, 0) is 4.79 Å². The number of ether oxygens (including phenoxy) is 2. The number of halogens is 2. The van der Waals surface area contributed by atoms with Crippen molar-refractivity contribution in [1.29, 1.82) is 0 Å². The second-order valence-corrected chi connectivity index (χ2v) is 11.7. The van der Waals surface area contributed by atoms with E-state index >= 15 is 0 Å². The molecule has 0 fully saturated rings. The first-order chi connectivity index (χ1) is 19.3. The monoisotopic (exact) mass is 681 g/mol. The van der Waals surface area contributed by atoms with Gasteiger partial charge in [0.25, 0.3) is 11.5 Å². The van der Waals surface area contributed by atoms with Crippen LogP contribution in [0.1, 0.15) is 31.0 Å². The highest BCUT2D eigenvalue weighted by molar-refractivity contribution is 9.11. The SMILES string of the molecule is CCOc1c(Br)cc(Br)cc1/C=c1\sc2n(c1=O)[C@@H](c1cccc(OC)c1)C(C(=O)Nc1ccccc1)=C(C)N=2. The van der Waals surface area contributed by atoms with Gasteiger partial charge >= 0.3 is 0 Å². The molecule has 0 saturated heterocycles. The van der Waals surface area contributed by atoms with E-state index in [4.69, 9.17) is 14.5 Å². The summed E-state index contributed by atoms with van der Waals surface area (Å²) in [6.45, 7) is 4.17. The summed E-state index contributed by atoms with van der Waals surface area (Å²) in [4.78, 5) is 33.0. The van der Waals surface area contributed by atoms with Gasteiger partial charge in [-0.05, 0) is 77.8 Å². The molecule has 0 unspecified atom stereocenters. The molecule has 1 aliphatic rings. The molecular formula is C30H25Br2N3O4S. The van der Waals surface area contributed by atoms with Gasteiger partial charge < -0.3 is 14.8 Å². The van der Waals surface area contributed by atoms with Gasteiger partial charge in [-0.25, -0.2) is 4.99 Å². The van der Waals surface area contributed by atoms with Crippen LogP contribution in [0.2, 0.25) is 0 Å². The average Bonchev–Trinajstić information content (AvgIpc) is 3.24. The lowest BCUT2D eigenvalue weighted by atomic mass is 9.95. The number of hydrogen-bond acceptors (Lipinski definition) is 6. The van der Waals surface area contributed by atoms with Crippen LogP contribution in [0.25, 0.3) is 6.08 Å². The largest absolute Gasteiger partial charge is 0.497 e. The number of benzene rings is 3. The molecule has 1 amide bonds. The van der Waals surface area contributed by atoms with E-state index in [1.807, 2.05) is 73.7 Å². The molecule has 1 atom stereocenters. The Morgan fingerprint density at radius 3 is 2.62 bits per heavy atom. The van der Waals surface area contributed by atoms with Gasteiger partial charge in [-0.15, -0.1) is 0 Å². The highest BCUT2D eigenvalue weighted by Gasteiger charge is 2.33. The molecule has 1 aliphatic heterocycles. The maximum atomic E-state index is 14.1. The molecule has 5 rings (SSSR count). The van der Waals surface area contributed by atoms with Crippen LogP contribution in [0.4, 0.5) is 5.69 Å². The van der Waals surface area contributed by atoms with Crippen LogP contribution in [0, 0.1) is 0 Å². The third-order valence-corrected chi connectivity index (χ3v) is 8.35. The van der Waals surface area contributed by atoms with Crippen molar-refractivity contribution < 1.29 is 14.3 Å². The van der Waals surface area contributed by atoms with E-state index in [9.17, 15) is 9.59 Å². The van der Waals surface area contributed by atoms with Crippen molar-refractivity contribution in [2.45, 2.75) is 19.9 Å². The number of nitrogens with one attached hydrogen (secondary N) is 1. The smallest absolute Gasteiger partial charge is 0.271 e. The molecule has 204 valence electrons. The van der Waals surface area contributed by atoms with Gasteiger partial charge in [0.05, 0.1) is 40.0 Å². The minimum atomic E-state index is -0.710. The third kappa shape index (κ3) is 5.56. The van der Waals surface area contributed by atoms with Crippen molar-refractivity contribution in [3.63, 3.8) is 0 Å². The lowest BCUT2D eigenvalue weighted by Gasteiger charge is -2.25. The van der Waals surface area contributed by atoms with Crippen LogP contribution in [-0.4, -0.2) is 24.2 Å². The number of nitrogens with zero attached hydrogens (tertiary/aromatic N) is 2. The minimum Gasteiger partial charge on any atom is -0.497 e. The summed E-state index contributed by atoms with van der Waals surface area (Å²) in [6, 6.07) is 19.7. The Hall–Kier alpha value is -3.47. The molecule has 0 radical (unpaired) electrons. The highest BCUT2D eigenvalue weighted by atomic mass is 79.9. The maximum Gasteiger partial charge on any atom is 0.271 e. The van der Waals surface area contributed by atoms with Crippen molar-refractivity contribution in [3.8, 4) is 11.5 Å². The summed E-state index contributed by atoms with van der Waals surface area (Å²) in [6.07, 6.45) is 1.80. The number of thiazole rings is 1. The molecule has 40 heavy (non-hydrogen) atoms. The Morgan fingerprint density at radius 2 is 1.90 bits per heavy atom. The molecule has 4 aromatic rings. The molecule has 0 bridgehead atoms. The molecule has 0 spiro atoms. The van der Waals surface area contributed by atoms with Crippen LogP contribution < -0.4 is 29.7 Å². The molecule has 3 aromatic carbocycles. The summed E-state index contributed by atoms with van der Waals surface area (Å²) in [7, 11) is 1.58. The van der Waals surface area contributed by atoms with Gasteiger partial charge in [0.1, 0.15) is 11.5 Å². The standard InChI is InChI=1S/C30H25Br2N3O4S/c1-4-39-27-19(13-20(31)16-23(27)32)15-24-29(37)35-26(18-9-8-12-22(14-18)38-3)25(17(2)33-30(35)40-24)28(36)34-21-10-6-5-7-11-21/h5-16,26H,4H2,1-3H3,(H,34,36)/b24-15-/t26-/m0/s1. The van der Waals surface area contributed by atoms with E-state index < -0.39 is 6.04 Å². The molecule has 0 saturated carbocycles. The topological polar surface area (TPSA) is 81.9 Å². The summed E-state index contributed by atoms with van der Waals surface area (Å²) >= 11 is 8.37. The first-order valence-electron chi connectivity index (χ1n) is 12.5. The number of aromatic nitrogens is 1. The molecule has 2 heterocycles. The number of hydrogen-bond donors (Lipinski definition) is 1. The Morgan fingerprint density at radius 1 is 1.12 bits per heavy atom. The second-order valence-electron chi connectivity index (χ2n) is 8.92. The number of fused-ring (bicyclic) bond motifs is 1. The lowest BCUT2D eigenvalue weighted by molar-refractivity contribution is -0.113. The predicted octanol–water partition coefficient (Wildman–Crippen LogP) is 5.81. The Bertz CT molecular complexity index is 1810. The number of anilines is 1. The fourth-order valence-electron chi connectivity index (χ4n) is 4.58. The van der Waals surface area contributed by atoms with Crippen molar-refractivity contribution >= 4 is 60.9 Å². The molecule has 7 nitrogen and oxygen atoms in total. The van der Waals surface area contributed by atoms with Crippen LogP contribution in [0.3, 0.4) is 0 Å². The number of carbonyl (C=O) groups is 1. The van der Waals surface area contributed by atoms with E-state index in [0.717, 1.165) is 20.1 Å². The number of para-hydroxylation sites is 1. The van der Waals surface area contributed by atoms with E-state index in [1.54, 1.807) is 24.7 Å². The normalized spacial score (nSPS) is 14.9. The molecular weight excluding hydrogens is 658 g/mol. The van der Waals surface area contributed by atoms with E-state index in [-0.39, 0.29) is 11.5 Å². The predicted molar refractivity (Wildman–Crippen MR) is 165 cm³/mol. The van der Waals surface area contributed by atoms with Gasteiger partial charge in [-0.2, -0.15) is 0 Å². The lowest BCUT2D eigenvalue weighted by Crippen LogP contribution is -2.40. The Labute approximate surface area is 251 Å². The molecule has 1 aromatic heterocycles. The highest BCUT2D eigenvalue weighted by Crippen LogP contribution is 2.34. The summed E-state index contributed by atoms with van der Waals surface area (Å²) < 4.78 is 15.0. The number of carbonyl (C=O) groups excluding carboxylic acids is 1. The fourth-order valence-corrected chi connectivity index (χ4v) is 6.99. The van der Waals surface area contributed by atoms with Gasteiger partial charge in [0.2, 0.25) is 0 Å². The third-order valence-electron chi connectivity index (χ3n) is 6.32. The van der Waals surface area contributed by atoms with Crippen molar-refractivity contribution in [1.82, 2.24) is 4.57 Å². The Balaban J connectivity index is 1.71. The van der Waals surface area contributed by atoms with Gasteiger partial charge in [-0.1, -0.05) is 57.6 Å². The first kappa shape index (κ1) is 28.1. The van der Waals surface area contributed by atoms with E-state index in [2.05, 4.69) is 37.2 Å². The summed E-state index contributed by atoms with van der Waals surface area (Å²) in [5.74, 6) is 0.932. The average molecular weight is 683 g/mol. The zero-order chi connectivity index (χ0) is 28.4. The fraction of sp³-hybridized carbons (Fsp3) is 0.167. The zero-order valence-corrected chi connectivity index (χ0v) is 25.9. The van der Waals surface area contributed by atoms with Gasteiger partial charge in [0.15, 0.2) is 4.80 Å². The second kappa shape index (κ2) is 12.0. The Kier molecular flexibility index (Phi) is 8.39. The van der Waals surface area contributed by atoms with Crippen LogP contribution >= 0.6 is 43.2 Å². The van der Waals surface area contributed by atoms with Gasteiger partial charge in [0, 0.05) is 15.7 Å². The van der Waals surface area contributed by atoms with Gasteiger partial charge in [-0.3, -0.25) is 14.2 Å².